The van der Waals surface area contributed by atoms with Crippen LogP contribution in [0.3, 0.4) is 0 Å². The molecule has 3 aliphatic carbocycles. The molecule has 0 N–H and O–H groups in total. The summed E-state index contributed by atoms with van der Waals surface area (Å²) in [4.78, 5) is 10.8. The van der Waals surface area contributed by atoms with Crippen molar-refractivity contribution >= 4 is 5.97 Å². The fourth-order valence-corrected chi connectivity index (χ4v) is 2.58. The number of fused-ring (bicyclic) bond motifs is 1. The highest BCUT2D eigenvalue weighted by atomic mass is 16.5. The molecule has 2 bridgehead atoms. The molecule has 0 amide bonds. The van der Waals surface area contributed by atoms with Gasteiger partial charge >= 0.3 is 5.97 Å². The van der Waals surface area contributed by atoms with Crippen LogP contribution in [0.5, 0.6) is 0 Å². The molecule has 2 heteroatoms. The summed E-state index contributed by atoms with van der Waals surface area (Å²) in [5.74, 6) is 2.01. The SMILES string of the molecule is CC(=O)OC1=CC[C@@H]2CC1C2(C)C. The van der Waals surface area contributed by atoms with Gasteiger partial charge in [0.25, 0.3) is 0 Å². The second kappa shape index (κ2) is 2.60. The van der Waals surface area contributed by atoms with Crippen molar-refractivity contribution in [3.05, 3.63) is 11.8 Å². The lowest BCUT2D eigenvalue weighted by atomic mass is 9.50. The first kappa shape index (κ1) is 8.79. The molecule has 3 rings (SSSR count). The molecule has 0 saturated heterocycles. The van der Waals surface area contributed by atoms with E-state index in [1.807, 2.05) is 0 Å². The summed E-state index contributed by atoms with van der Waals surface area (Å²) in [7, 11) is 0. The third kappa shape index (κ3) is 1.19. The van der Waals surface area contributed by atoms with Gasteiger partial charge in [-0.15, -0.1) is 0 Å². The molecule has 3 aliphatic rings. The number of ether oxygens (including phenoxy) is 1. The van der Waals surface area contributed by atoms with Gasteiger partial charge in [-0.3, -0.25) is 4.79 Å². The Morgan fingerprint density at radius 1 is 1.62 bits per heavy atom. The first-order valence-corrected chi connectivity index (χ1v) is 4.90. The molecule has 0 heterocycles. The predicted molar refractivity (Wildman–Crippen MR) is 49.8 cm³/mol. The number of hydrogen-bond acceptors (Lipinski definition) is 2. The quantitative estimate of drug-likeness (QED) is 0.579. The van der Waals surface area contributed by atoms with Crippen LogP contribution in [0, 0.1) is 17.3 Å². The van der Waals surface area contributed by atoms with Gasteiger partial charge in [-0.2, -0.15) is 0 Å². The third-order valence-corrected chi connectivity index (χ3v) is 3.68. The molecule has 13 heavy (non-hydrogen) atoms. The Hall–Kier alpha value is -0.790. The number of allylic oxidation sites excluding steroid dienone is 2. The van der Waals surface area contributed by atoms with E-state index in [2.05, 4.69) is 19.9 Å². The van der Waals surface area contributed by atoms with E-state index in [9.17, 15) is 4.79 Å². The minimum Gasteiger partial charge on any atom is -0.431 e. The van der Waals surface area contributed by atoms with Crippen molar-refractivity contribution < 1.29 is 9.53 Å². The second-order valence-corrected chi connectivity index (χ2v) is 4.74. The molecule has 1 unspecified atom stereocenters. The van der Waals surface area contributed by atoms with Crippen molar-refractivity contribution in [1.29, 1.82) is 0 Å². The lowest BCUT2D eigenvalue weighted by Crippen LogP contribution is -2.48. The van der Waals surface area contributed by atoms with Gasteiger partial charge in [-0.25, -0.2) is 0 Å². The van der Waals surface area contributed by atoms with Gasteiger partial charge in [0.1, 0.15) is 5.76 Å². The summed E-state index contributed by atoms with van der Waals surface area (Å²) in [5, 5.41) is 0. The van der Waals surface area contributed by atoms with E-state index >= 15 is 0 Å². The van der Waals surface area contributed by atoms with Gasteiger partial charge in [0.05, 0.1) is 0 Å². The summed E-state index contributed by atoms with van der Waals surface area (Å²) in [5.41, 5.74) is 0.347. The largest absolute Gasteiger partial charge is 0.431 e. The van der Waals surface area contributed by atoms with Crippen molar-refractivity contribution in [2.45, 2.75) is 33.6 Å². The van der Waals surface area contributed by atoms with Crippen LogP contribution in [0.15, 0.2) is 11.8 Å². The van der Waals surface area contributed by atoms with Crippen molar-refractivity contribution in [2.24, 2.45) is 17.3 Å². The average Bonchev–Trinajstić information content (AvgIpc) is 2.03. The minimum atomic E-state index is -0.188. The number of carbonyl (C=O) groups is 1. The number of carbonyl (C=O) groups excluding carboxylic acids is 1. The summed E-state index contributed by atoms with van der Waals surface area (Å²) in [6.45, 7) is 6.00. The molecule has 0 radical (unpaired) electrons. The number of rotatable bonds is 1. The van der Waals surface area contributed by atoms with E-state index in [-0.39, 0.29) is 5.97 Å². The van der Waals surface area contributed by atoms with Crippen molar-refractivity contribution in [1.82, 2.24) is 0 Å². The molecule has 0 spiro atoms. The Balaban J connectivity index is 2.14. The Labute approximate surface area is 79.0 Å². The first-order chi connectivity index (χ1) is 6.01. The summed E-state index contributed by atoms with van der Waals surface area (Å²) < 4.78 is 5.20. The minimum absolute atomic E-state index is 0.188. The van der Waals surface area contributed by atoms with Crippen LogP contribution in [0.2, 0.25) is 0 Å². The highest BCUT2D eigenvalue weighted by molar-refractivity contribution is 5.67. The lowest BCUT2D eigenvalue weighted by molar-refractivity contribution is -0.142. The van der Waals surface area contributed by atoms with E-state index in [0.717, 1.165) is 18.1 Å². The third-order valence-electron chi connectivity index (χ3n) is 3.68. The zero-order chi connectivity index (χ0) is 9.64. The van der Waals surface area contributed by atoms with E-state index < -0.39 is 0 Å². The van der Waals surface area contributed by atoms with Crippen LogP contribution >= 0.6 is 0 Å². The zero-order valence-electron chi connectivity index (χ0n) is 8.46. The monoisotopic (exact) mass is 180 g/mol. The zero-order valence-corrected chi connectivity index (χ0v) is 8.46. The maximum absolute atomic E-state index is 10.8. The van der Waals surface area contributed by atoms with Gasteiger partial charge < -0.3 is 4.74 Å². The smallest absolute Gasteiger partial charge is 0.307 e. The molecule has 1 fully saturated rings. The standard InChI is InChI=1S/C11H16O2/c1-7(12)13-10-5-4-8-6-9(10)11(8,2)3/h5,8-9H,4,6H2,1-3H3/t8-,9?/m1/s1. The van der Waals surface area contributed by atoms with Gasteiger partial charge in [0.15, 0.2) is 0 Å². The van der Waals surface area contributed by atoms with Crippen LogP contribution in [-0.4, -0.2) is 5.97 Å². The molecule has 0 aromatic heterocycles. The summed E-state index contributed by atoms with van der Waals surface area (Å²) in [6.07, 6.45) is 4.36. The Kier molecular flexibility index (Phi) is 1.76. The molecule has 72 valence electrons. The van der Waals surface area contributed by atoms with Gasteiger partial charge in [-0.1, -0.05) is 13.8 Å². The first-order valence-electron chi connectivity index (χ1n) is 4.90. The molecule has 2 nitrogen and oxygen atoms in total. The molecular formula is C11H16O2. The van der Waals surface area contributed by atoms with Gasteiger partial charge in [-0.05, 0) is 30.3 Å². The average molecular weight is 180 g/mol. The van der Waals surface area contributed by atoms with Gasteiger partial charge in [0, 0.05) is 12.8 Å². The fourth-order valence-electron chi connectivity index (χ4n) is 2.58. The van der Waals surface area contributed by atoms with Crippen LogP contribution in [-0.2, 0) is 9.53 Å². The highest BCUT2D eigenvalue weighted by Crippen LogP contribution is 2.59. The molecule has 0 aliphatic heterocycles. The van der Waals surface area contributed by atoms with Crippen molar-refractivity contribution in [3.8, 4) is 0 Å². The molecule has 0 aromatic carbocycles. The van der Waals surface area contributed by atoms with E-state index in [0.29, 0.717) is 11.3 Å². The second-order valence-electron chi connectivity index (χ2n) is 4.74. The molecule has 2 atom stereocenters. The Morgan fingerprint density at radius 2 is 2.31 bits per heavy atom. The van der Waals surface area contributed by atoms with Crippen LogP contribution in [0.25, 0.3) is 0 Å². The lowest BCUT2D eigenvalue weighted by Gasteiger charge is -2.55. The maximum Gasteiger partial charge on any atom is 0.307 e. The van der Waals surface area contributed by atoms with Crippen LogP contribution in [0.1, 0.15) is 33.6 Å². The topological polar surface area (TPSA) is 26.3 Å². The highest BCUT2D eigenvalue weighted by Gasteiger charge is 2.52. The summed E-state index contributed by atoms with van der Waals surface area (Å²) in [6, 6.07) is 0. The number of esters is 1. The molecule has 1 saturated carbocycles. The molecule has 0 aromatic rings. The van der Waals surface area contributed by atoms with Gasteiger partial charge in [0.2, 0.25) is 0 Å². The fraction of sp³-hybridized carbons (Fsp3) is 0.727. The van der Waals surface area contributed by atoms with Crippen LogP contribution in [0.4, 0.5) is 0 Å². The Bertz CT molecular complexity index is 276. The maximum atomic E-state index is 10.8. The van der Waals surface area contributed by atoms with Crippen molar-refractivity contribution in [2.75, 3.05) is 0 Å². The predicted octanol–water partition coefficient (Wildman–Crippen LogP) is 2.50. The molecular weight excluding hydrogens is 164 g/mol. The normalized spacial score (nSPS) is 34.5. The van der Waals surface area contributed by atoms with E-state index in [4.69, 9.17) is 4.74 Å². The summed E-state index contributed by atoms with van der Waals surface area (Å²) >= 11 is 0. The van der Waals surface area contributed by atoms with E-state index in [1.54, 1.807) is 0 Å². The van der Waals surface area contributed by atoms with E-state index in [1.165, 1.54) is 13.3 Å². The van der Waals surface area contributed by atoms with Crippen LogP contribution < -0.4 is 0 Å². The van der Waals surface area contributed by atoms with Crippen molar-refractivity contribution in [3.63, 3.8) is 0 Å². The Morgan fingerprint density at radius 3 is 2.77 bits per heavy atom. The number of hydrogen-bond donors (Lipinski definition) is 0.